The topological polar surface area (TPSA) is 93.1 Å². The first-order valence-corrected chi connectivity index (χ1v) is 5.41. The number of aliphatic hydroxyl groups excluding tert-OH is 1. The van der Waals surface area contributed by atoms with Crippen LogP contribution in [0.3, 0.4) is 0 Å². The Morgan fingerprint density at radius 3 is 2.16 bits per heavy atom. The zero-order valence-electron chi connectivity index (χ0n) is 10.6. The summed E-state index contributed by atoms with van der Waals surface area (Å²) in [4.78, 5) is 23.8. The predicted molar refractivity (Wildman–Crippen MR) is 65.8 cm³/mol. The molecule has 2 rings (SSSR count). The number of benzene rings is 1. The summed E-state index contributed by atoms with van der Waals surface area (Å²) in [6.45, 7) is 1.31. The zero-order valence-corrected chi connectivity index (χ0v) is 10.6. The first kappa shape index (κ1) is 12.9. The summed E-state index contributed by atoms with van der Waals surface area (Å²) in [5.74, 6) is -2.37. The molecule has 19 heavy (non-hydrogen) atoms. The summed E-state index contributed by atoms with van der Waals surface area (Å²) in [5, 5.41) is 19.8. The molecule has 0 bridgehead atoms. The van der Waals surface area contributed by atoms with Crippen molar-refractivity contribution in [2.45, 2.75) is 6.92 Å². The lowest BCUT2D eigenvalue weighted by Crippen LogP contribution is -2.23. The Morgan fingerprint density at radius 1 is 1.00 bits per heavy atom. The molecule has 0 radical (unpaired) electrons. The summed E-state index contributed by atoms with van der Waals surface area (Å²) in [6.07, 6.45) is 0. The van der Waals surface area contributed by atoms with Crippen molar-refractivity contribution in [1.29, 1.82) is 0 Å². The number of hydrogen-bond donors (Lipinski definition) is 2. The standard InChI is InChI=1S/C13H12O6/c1-5-10(15)8-6(14)4-7(18-2)13(19-3)9(8)12(17)11(5)16/h4,14-15H,1-3H3. The van der Waals surface area contributed by atoms with Crippen LogP contribution in [0, 0.1) is 0 Å². The van der Waals surface area contributed by atoms with Gasteiger partial charge in [0.15, 0.2) is 11.5 Å². The molecule has 6 nitrogen and oxygen atoms in total. The molecule has 0 spiro atoms. The number of aromatic hydroxyl groups is 1. The van der Waals surface area contributed by atoms with Crippen molar-refractivity contribution in [2.75, 3.05) is 14.2 Å². The molecule has 0 aromatic heterocycles. The van der Waals surface area contributed by atoms with E-state index in [0.29, 0.717) is 0 Å². The average molecular weight is 264 g/mol. The van der Waals surface area contributed by atoms with Crippen molar-refractivity contribution >= 4 is 17.3 Å². The van der Waals surface area contributed by atoms with Gasteiger partial charge in [-0.05, 0) is 6.92 Å². The van der Waals surface area contributed by atoms with Gasteiger partial charge in [-0.3, -0.25) is 9.59 Å². The monoisotopic (exact) mass is 264 g/mol. The van der Waals surface area contributed by atoms with E-state index in [4.69, 9.17) is 9.47 Å². The molecule has 6 heteroatoms. The smallest absolute Gasteiger partial charge is 0.238 e. The van der Waals surface area contributed by atoms with Crippen LogP contribution in [0.15, 0.2) is 11.6 Å². The highest BCUT2D eigenvalue weighted by Gasteiger charge is 2.37. The molecule has 1 aromatic rings. The maximum Gasteiger partial charge on any atom is 0.238 e. The largest absolute Gasteiger partial charge is 0.507 e. The predicted octanol–water partition coefficient (Wildman–Crippen LogP) is 1.46. The summed E-state index contributed by atoms with van der Waals surface area (Å²) >= 11 is 0. The van der Waals surface area contributed by atoms with E-state index in [0.717, 1.165) is 0 Å². The fraction of sp³-hybridized carbons (Fsp3) is 0.231. The van der Waals surface area contributed by atoms with Crippen molar-refractivity contribution in [3.05, 3.63) is 22.8 Å². The van der Waals surface area contributed by atoms with Crippen molar-refractivity contribution in [3.63, 3.8) is 0 Å². The number of fused-ring (bicyclic) bond motifs is 1. The highest BCUT2D eigenvalue weighted by atomic mass is 16.5. The van der Waals surface area contributed by atoms with Gasteiger partial charge in [0.2, 0.25) is 11.6 Å². The molecule has 0 heterocycles. The Hall–Kier alpha value is -2.50. The third-order valence-corrected chi connectivity index (χ3v) is 3.01. The molecular weight excluding hydrogens is 252 g/mol. The SMILES string of the molecule is COc1cc(O)c2c(c1OC)C(=O)C(=O)C(C)=C2O. The quantitative estimate of drug-likeness (QED) is 0.785. The van der Waals surface area contributed by atoms with E-state index in [1.54, 1.807) is 0 Å². The third-order valence-electron chi connectivity index (χ3n) is 3.01. The molecule has 1 aliphatic rings. The van der Waals surface area contributed by atoms with E-state index in [1.165, 1.54) is 27.2 Å². The van der Waals surface area contributed by atoms with Gasteiger partial charge in [-0.25, -0.2) is 0 Å². The van der Waals surface area contributed by atoms with Gasteiger partial charge in [0.05, 0.1) is 25.3 Å². The van der Waals surface area contributed by atoms with E-state index < -0.39 is 17.3 Å². The highest BCUT2D eigenvalue weighted by Crippen LogP contribution is 2.44. The van der Waals surface area contributed by atoms with Crippen molar-refractivity contribution < 1.29 is 29.3 Å². The number of methoxy groups -OCH3 is 2. The fourth-order valence-corrected chi connectivity index (χ4v) is 2.02. The number of carbonyl (C=O) groups is 2. The Kier molecular flexibility index (Phi) is 2.94. The van der Waals surface area contributed by atoms with Crippen LogP contribution in [0.2, 0.25) is 0 Å². The molecule has 0 unspecified atom stereocenters. The molecular formula is C13H12O6. The normalized spacial score (nSPS) is 14.5. The second kappa shape index (κ2) is 4.31. The minimum absolute atomic E-state index is 0.00713. The van der Waals surface area contributed by atoms with Gasteiger partial charge in [-0.15, -0.1) is 0 Å². The Bertz CT molecular complexity index is 627. The molecule has 0 fully saturated rings. The number of phenols is 1. The lowest BCUT2D eigenvalue weighted by Gasteiger charge is -2.20. The molecule has 0 atom stereocenters. The number of allylic oxidation sites excluding steroid dienone is 1. The minimum Gasteiger partial charge on any atom is -0.507 e. The third kappa shape index (κ3) is 1.64. The van der Waals surface area contributed by atoms with Gasteiger partial charge in [0, 0.05) is 11.6 Å². The van der Waals surface area contributed by atoms with Gasteiger partial charge in [0.25, 0.3) is 0 Å². The van der Waals surface area contributed by atoms with Gasteiger partial charge >= 0.3 is 0 Å². The van der Waals surface area contributed by atoms with E-state index in [1.807, 2.05) is 0 Å². The number of phenolic OH excluding ortho intramolecular Hbond substituents is 1. The molecule has 1 aromatic carbocycles. The first-order chi connectivity index (χ1) is 8.93. The maximum atomic E-state index is 12.0. The Labute approximate surface area is 108 Å². The van der Waals surface area contributed by atoms with Crippen LogP contribution in [0.1, 0.15) is 22.8 Å². The molecule has 1 aliphatic carbocycles. The zero-order chi connectivity index (χ0) is 14.3. The first-order valence-electron chi connectivity index (χ1n) is 5.41. The Morgan fingerprint density at radius 2 is 1.63 bits per heavy atom. The van der Waals surface area contributed by atoms with Gasteiger partial charge in [0.1, 0.15) is 11.5 Å². The molecule has 2 N–H and O–H groups in total. The lowest BCUT2D eigenvalue weighted by molar-refractivity contribution is -0.111. The van der Waals surface area contributed by atoms with Crippen molar-refractivity contribution in [1.82, 2.24) is 0 Å². The van der Waals surface area contributed by atoms with Crippen LogP contribution < -0.4 is 9.47 Å². The number of rotatable bonds is 2. The van der Waals surface area contributed by atoms with Gasteiger partial charge in [-0.1, -0.05) is 0 Å². The number of ether oxygens (including phenoxy) is 2. The van der Waals surface area contributed by atoms with Crippen molar-refractivity contribution in [2.24, 2.45) is 0 Å². The van der Waals surface area contributed by atoms with Crippen molar-refractivity contribution in [3.8, 4) is 17.2 Å². The maximum absolute atomic E-state index is 12.0. The summed E-state index contributed by atoms with van der Waals surface area (Å²) in [5.41, 5.74) is -0.410. The van der Waals surface area contributed by atoms with Crippen LogP contribution in [0.25, 0.3) is 5.76 Å². The lowest BCUT2D eigenvalue weighted by atomic mass is 9.87. The van der Waals surface area contributed by atoms with Crippen LogP contribution in [0.5, 0.6) is 17.2 Å². The van der Waals surface area contributed by atoms with Crippen LogP contribution in [0.4, 0.5) is 0 Å². The molecule has 100 valence electrons. The molecule has 0 saturated carbocycles. The Balaban J connectivity index is 2.92. The van der Waals surface area contributed by atoms with Gasteiger partial charge < -0.3 is 19.7 Å². The summed E-state index contributed by atoms with van der Waals surface area (Å²) in [7, 11) is 2.63. The molecule has 0 saturated heterocycles. The number of aliphatic hydroxyl groups is 1. The summed E-state index contributed by atoms with van der Waals surface area (Å²) < 4.78 is 10.0. The van der Waals surface area contributed by atoms with Crippen LogP contribution in [-0.4, -0.2) is 36.0 Å². The number of ketones is 2. The van der Waals surface area contributed by atoms with E-state index >= 15 is 0 Å². The second-order valence-corrected chi connectivity index (χ2v) is 4.01. The van der Waals surface area contributed by atoms with E-state index in [9.17, 15) is 19.8 Å². The molecule has 0 aliphatic heterocycles. The summed E-state index contributed by atoms with van der Waals surface area (Å²) in [6, 6.07) is 1.21. The van der Waals surface area contributed by atoms with Gasteiger partial charge in [-0.2, -0.15) is 0 Å². The number of hydrogen-bond acceptors (Lipinski definition) is 6. The number of Topliss-reactive ketones (excluding diaryl/α,β-unsaturated/α-hetero) is 2. The van der Waals surface area contributed by atoms with Crippen LogP contribution in [-0.2, 0) is 4.79 Å². The number of carbonyl (C=O) groups excluding carboxylic acids is 2. The highest BCUT2D eigenvalue weighted by molar-refractivity contribution is 6.52. The second-order valence-electron chi connectivity index (χ2n) is 4.01. The van der Waals surface area contributed by atoms with E-state index in [2.05, 4.69) is 0 Å². The van der Waals surface area contributed by atoms with E-state index in [-0.39, 0.29) is 33.9 Å². The molecule has 0 amide bonds. The van der Waals surface area contributed by atoms with Crippen LogP contribution >= 0.6 is 0 Å². The minimum atomic E-state index is -0.851. The fourth-order valence-electron chi connectivity index (χ4n) is 2.02. The average Bonchev–Trinajstić information content (AvgIpc) is 2.41.